The van der Waals surface area contributed by atoms with E-state index in [0.717, 1.165) is 5.69 Å². The van der Waals surface area contributed by atoms with E-state index in [0.29, 0.717) is 47.5 Å². The molecular weight excluding hydrogens is 396 g/mol. The summed E-state index contributed by atoms with van der Waals surface area (Å²) in [6.07, 6.45) is 3.90. The van der Waals surface area contributed by atoms with Crippen molar-refractivity contribution >= 4 is 22.8 Å². The first-order valence-electron chi connectivity index (χ1n) is 9.53. The van der Waals surface area contributed by atoms with Crippen molar-refractivity contribution in [2.45, 2.75) is 25.3 Å². The van der Waals surface area contributed by atoms with Crippen LogP contribution in [0.15, 0.2) is 29.3 Å². The smallest absolute Gasteiger partial charge is 0.333 e. The minimum absolute atomic E-state index is 0.0314. The number of aromatic nitrogens is 5. The number of pyridine rings is 1. The molecule has 9 nitrogen and oxygen atoms in total. The molecule has 3 aromatic heterocycles. The number of anilines is 1. The lowest BCUT2D eigenvalue weighted by molar-refractivity contribution is 0.0451. The van der Waals surface area contributed by atoms with Gasteiger partial charge in [0, 0.05) is 51.2 Å². The first-order chi connectivity index (χ1) is 14.3. The molecule has 1 fully saturated rings. The highest BCUT2D eigenvalue weighted by Gasteiger charge is 2.28. The average molecular weight is 417 g/mol. The van der Waals surface area contributed by atoms with Gasteiger partial charge in [0.05, 0.1) is 10.9 Å². The lowest BCUT2D eigenvalue weighted by Gasteiger charge is -2.32. The topological polar surface area (TPSA) is 100 Å². The summed E-state index contributed by atoms with van der Waals surface area (Å²) in [6.45, 7) is -2.08. The fraction of sp³-hybridized carbons (Fsp3) is 0.421. The summed E-state index contributed by atoms with van der Waals surface area (Å²) >= 11 is 0. The second-order valence-electron chi connectivity index (χ2n) is 7.42. The molecule has 0 unspecified atom stereocenters. The molecule has 1 N–H and O–H groups in total. The number of likely N-dealkylation sites (tertiary alicyclic amines) is 1. The van der Waals surface area contributed by atoms with Crippen LogP contribution in [0.2, 0.25) is 0 Å². The molecule has 0 radical (unpaired) electrons. The van der Waals surface area contributed by atoms with E-state index < -0.39 is 12.5 Å². The molecule has 0 saturated carbocycles. The van der Waals surface area contributed by atoms with Gasteiger partial charge in [0.15, 0.2) is 0 Å². The van der Waals surface area contributed by atoms with Crippen molar-refractivity contribution in [1.82, 2.24) is 29.6 Å². The van der Waals surface area contributed by atoms with Gasteiger partial charge >= 0.3 is 6.55 Å². The van der Waals surface area contributed by atoms with Crippen LogP contribution in [0.4, 0.5) is 14.7 Å². The van der Waals surface area contributed by atoms with Crippen LogP contribution in [-0.2, 0) is 0 Å². The molecule has 30 heavy (non-hydrogen) atoms. The zero-order chi connectivity index (χ0) is 21.4. The largest absolute Gasteiger partial charge is 0.347 e. The average Bonchev–Trinajstić information content (AvgIpc) is 3.23. The number of nitrogens with one attached hydrogen (secondary N) is 1. The van der Waals surface area contributed by atoms with Crippen molar-refractivity contribution in [3.8, 4) is 0 Å². The molecule has 4 heterocycles. The molecule has 0 bridgehead atoms. The number of halogens is 2. The molecular formula is C19H21F2N7O2. The number of aromatic amines is 1. The summed E-state index contributed by atoms with van der Waals surface area (Å²) in [5, 5.41) is 3.93. The third kappa shape index (κ3) is 3.62. The molecule has 0 aromatic carbocycles. The fourth-order valence-electron chi connectivity index (χ4n) is 3.68. The van der Waals surface area contributed by atoms with Crippen LogP contribution >= 0.6 is 0 Å². The first kappa shape index (κ1) is 19.9. The van der Waals surface area contributed by atoms with Gasteiger partial charge < -0.3 is 14.8 Å². The number of alkyl halides is 2. The van der Waals surface area contributed by atoms with E-state index in [2.05, 4.69) is 20.1 Å². The monoisotopic (exact) mass is 417 g/mol. The highest BCUT2D eigenvalue weighted by molar-refractivity contribution is 5.92. The van der Waals surface area contributed by atoms with Crippen LogP contribution in [0, 0.1) is 0 Å². The molecule has 0 spiro atoms. The Labute approximate surface area is 170 Å². The lowest BCUT2D eigenvalue weighted by atomic mass is 9.92. The second-order valence-corrected chi connectivity index (χ2v) is 7.42. The highest BCUT2D eigenvalue weighted by Crippen LogP contribution is 2.28. The predicted molar refractivity (Wildman–Crippen MR) is 106 cm³/mol. The van der Waals surface area contributed by atoms with E-state index in [9.17, 15) is 18.4 Å². The van der Waals surface area contributed by atoms with Crippen LogP contribution in [0.3, 0.4) is 0 Å². The lowest BCUT2D eigenvalue weighted by Crippen LogP contribution is -2.39. The maximum Gasteiger partial charge on any atom is 0.333 e. The second kappa shape index (κ2) is 7.81. The number of piperidine rings is 1. The third-order valence-electron chi connectivity index (χ3n) is 5.30. The van der Waals surface area contributed by atoms with E-state index in [1.807, 2.05) is 20.2 Å². The van der Waals surface area contributed by atoms with Gasteiger partial charge in [-0.2, -0.15) is 18.6 Å². The van der Waals surface area contributed by atoms with E-state index in [-0.39, 0.29) is 17.2 Å². The van der Waals surface area contributed by atoms with Crippen molar-refractivity contribution in [2.75, 3.05) is 32.1 Å². The van der Waals surface area contributed by atoms with E-state index in [1.165, 1.54) is 23.4 Å². The maximum absolute atomic E-state index is 13.0. The number of rotatable bonds is 4. The zero-order valence-corrected chi connectivity index (χ0v) is 16.5. The first-order valence-corrected chi connectivity index (χ1v) is 9.53. The quantitative estimate of drug-likeness (QED) is 0.697. The normalized spacial score (nSPS) is 15.2. The van der Waals surface area contributed by atoms with Gasteiger partial charge in [-0.15, -0.1) is 0 Å². The van der Waals surface area contributed by atoms with Crippen molar-refractivity contribution in [2.24, 2.45) is 0 Å². The van der Waals surface area contributed by atoms with E-state index in [1.54, 1.807) is 4.90 Å². The van der Waals surface area contributed by atoms with Gasteiger partial charge in [0.2, 0.25) is 5.95 Å². The van der Waals surface area contributed by atoms with Crippen molar-refractivity contribution in [1.29, 1.82) is 0 Å². The number of carbonyl (C=O) groups is 1. The Kier molecular flexibility index (Phi) is 5.18. The van der Waals surface area contributed by atoms with Gasteiger partial charge in [-0.1, -0.05) is 0 Å². The highest BCUT2D eigenvalue weighted by atomic mass is 19.3. The number of fused-ring (bicyclic) bond motifs is 1. The molecule has 3 aromatic rings. The number of H-pyrrole nitrogens is 1. The Morgan fingerprint density at radius 1 is 1.30 bits per heavy atom. The van der Waals surface area contributed by atoms with E-state index in [4.69, 9.17) is 0 Å². The van der Waals surface area contributed by atoms with Crippen LogP contribution in [0.25, 0.3) is 10.9 Å². The van der Waals surface area contributed by atoms with Crippen LogP contribution in [-0.4, -0.2) is 62.7 Å². The summed E-state index contributed by atoms with van der Waals surface area (Å²) in [7, 11) is 3.64. The predicted octanol–water partition coefficient (Wildman–Crippen LogP) is 2.00. The fourth-order valence-corrected chi connectivity index (χ4v) is 3.68. The van der Waals surface area contributed by atoms with Crippen LogP contribution in [0.5, 0.6) is 0 Å². The Bertz CT molecular complexity index is 1130. The standard InChI is InChI=1S/C19H21F2N7O2/c1-26(2)19-22-10-12-14(25-19)9-13(24-16(12)29)11-4-7-27(8-5-11)17(30)15-3-6-23-28(15)18(20)21/h3,6,9-11,18H,4-5,7-8H2,1-2H3,(H,24,29). The van der Waals surface area contributed by atoms with Crippen molar-refractivity contribution in [3.63, 3.8) is 0 Å². The van der Waals surface area contributed by atoms with Gasteiger partial charge in [0.1, 0.15) is 5.69 Å². The molecule has 0 atom stereocenters. The molecule has 1 amide bonds. The van der Waals surface area contributed by atoms with E-state index >= 15 is 0 Å². The zero-order valence-electron chi connectivity index (χ0n) is 16.5. The minimum Gasteiger partial charge on any atom is -0.347 e. The number of hydrogen-bond acceptors (Lipinski definition) is 6. The third-order valence-corrected chi connectivity index (χ3v) is 5.30. The van der Waals surface area contributed by atoms with Crippen LogP contribution < -0.4 is 10.5 Å². The van der Waals surface area contributed by atoms with Crippen molar-refractivity contribution < 1.29 is 13.6 Å². The van der Waals surface area contributed by atoms with Gasteiger partial charge in [-0.25, -0.2) is 9.97 Å². The Hall–Kier alpha value is -3.37. The Morgan fingerprint density at radius 3 is 2.70 bits per heavy atom. The number of carbonyl (C=O) groups excluding carboxylic acids is 1. The Morgan fingerprint density at radius 2 is 2.03 bits per heavy atom. The molecule has 1 aliphatic rings. The molecule has 4 rings (SSSR count). The molecule has 11 heteroatoms. The molecule has 1 aliphatic heterocycles. The molecule has 158 valence electrons. The summed E-state index contributed by atoms with van der Waals surface area (Å²) in [6, 6.07) is 3.14. The summed E-state index contributed by atoms with van der Waals surface area (Å²) in [5.41, 5.74) is 0.926. The molecule has 0 aliphatic carbocycles. The molecule has 1 saturated heterocycles. The van der Waals surface area contributed by atoms with Gasteiger partial charge in [0.25, 0.3) is 11.5 Å². The number of amides is 1. The van der Waals surface area contributed by atoms with Crippen molar-refractivity contribution in [3.05, 3.63) is 46.3 Å². The minimum atomic E-state index is -2.87. The summed E-state index contributed by atoms with van der Waals surface area (Å²) < 4.78 is 26.4. The number of nitrogens with zero attached hydrogens (tertiary/aromatic N) is 6. The van der Waals surface area contributed by atoms with Crippen LogP contribution in [0.1, 0.15) is 41.5 Å². The maximum atomic E-state index is 13.0. The summed E-state index contributed by atoms with van der Waals surface area (Å²) in [4.78, 5) is 39.9. The number of hydrogen-bond donors (Lipinski definition) is 1. The van der Waals surface area contributed by atoms with Gasteiger partial charge in [-0.05, 0) is 25.0 Å². The SMILES string of the molecule is CN(C)c1ncc2c(=O)[nH]c(C3CCN(C(=O)c4ccnn4C(F)F)CC3)cc2n1. The Balaban J connectivity index is 1.52. The summed E-state index contributed by atoms with van der Waals surface area (Å²) in [5.74, 6) is 0.0701. The van der Waals surface area contributed by atoms with Gasteiger partial charge in [-0.3, -0.25) is 9.59 Å².